The maximum Gasteiger partial charge on any atom is 0.319 e. The van der Waals surface area contributed by atoms with E-state index in [0.717, 1.165) is 10.0 Å². The first-order valence-electron chi connectivity index (χ1n) is 8.55. The van der Waals surface area contributed by atoms with Gasteiger partial charge < -0.3 is 10.1 Å². The highest BCUT2D eigenvalue weighted by Crippen LogP contribution is 2.32. The van der Waals surface area contributed by atoms with E-state index in [1.165, 1.54) is 36.4 Å². The lowest BCUT2D eigenvalue weighted by molar-refractivity contribution is -0.148. The van der Waals surface area contributed by atoms with Crippen LogP contribution in [0.15, 0.2) is 58.1 Å². The number of anilines is 1. The van der Waals surface area contributed by atoms with Crippen molar-refractivity contribution in [3.05, 3.63) is 64.4 Å². The van der Waals surface area contributed by atoms with Crippen LogP contribution in [0.4, 0.5) is 10.1 Å². The molecule has 0 spiro atoms. The Morgan fingerprint density at radius 1 is 1.21 bits per heavy atom. The second kappa shape index (κ2) is 8.10. The van der Waals surface area contributed by atoms with Crippen LogP contribution >= 0.6 is 15.9 Å². The van der Waals surface area contributed by atoms with E-state index in [4.69, 9.17) is 4.74 Å². The third-order valence-electron chi connectivity index (χ3n) is 4.47. The lowest BCUT2D eigenvalue weighted by atomic mass is 9.82. The summed E-state index contributed by atoms with van der Waals surface area (Å²) in [6.45, 7) is 1.91. The highest BCUT2D eigenvalue weighted by atomic mass is 79.9. The van der Waals surface area contributed by atoms with E-state index < -0.39 is 11.4 Å². The molecule has 2 aromatic rings. The zero-order valence-corrected chi connectivity index (χ0v) is 17.0. The largest absolute Gasteiger partial charge is 0.468 e. The van der Waals surface area contributed by atoms with E-state index in [1.807, 2.05) is 24.3 Å². The number of rotatable bonds is 5. The molecular formula is C20H19BrFN3O3. The van der Waals surface area contributed by atoms with Gasteiger partial charge in [0.05, 0.1) is 19.4 Å². The van der Waals surface area contributed by atoms with Gasteiger partial charge in [-0.2, -0.15) is 5.10 Å². The second-order valence-electron chi connectivity index (χ2n) is 6.66. The quantitative estimate of drug-likeness (QED) is 0.712. The maximum atomic E-state index is 13.0. The van der Waals surface area contributed by atoms with Crippen LogP contribution in [0.1, 0.15) is 12.5 Å². The summed E-state index contributed by atoms with van der Waals surface area (Å²) >= 11 is 3.39. The first-order chi connectivity index (χ1) is 13.3. The van der Waals surface area contributed by atoms with Crippen molar-refractivity contribution in [2.45, 2.75) is 6.92 Å². The van der Waals surface area contributed by atoms with E-state index in [0.29, 0.717) is 11.4 Å². The number of nitrogens with one attached hydrogen (secondary N) is 1. The number of halogens is 2. The molecule has 1 heterocycles. The van der Waals surface area contributed by atoms with Gasteiger partial charge in [-0.15, -0.1) is 0 Å². The summed E-state index contributed by atoms with van der Waals surface area (Å²) in [5.74, 6) is -1.12. The molecule has 6 nitrogen and oxygen atoms in total. The van der Waals surface area contributed by atoms with Gasteiger partial charge in [0.25, 0.3) is 0 Å². The van der Waals surface area contributed by atoms with Gasteiger partial charge in [-0.3, -0.25) is 14.6 Å². The summed E-state index contributed by atoms with van der Waals surface area (Å²) in [6, 6.07) is 12.9. The number of benzene rings is 2. The Hall–Kier alpha value is -2.74. The van der Waals surface area contributed by atoms with Crippen LogP contribution in [0.25, 0.3) is 0 Å². The maximum absolute atomic E-state index is 13.0. The van der Waals surface area contributed by atoms with Gasteiger partial charge in [-0.1, -0.05) is 28.1 Å². The fourth-order valence-corrected chi connectivity index (χ4v) is 3.35. The van der Waals surface area contributed by atoms with Gasteiger partial charge in [-0.05, 0) is 48.9 Å². The molecule has 3 rings (SSSR count). The lowest BCUT2D eigenvalue weighted by Gasteiger charge is -2.23. The number of methoxy groups -OCH3 is 1. The second-order valence-corrected chi connectivity index (χ2v) is 7.57. The molecule has 1 aliphatic heterocycles. The predicted octanol–water partition coefficient (Wildman–Crippen LogP) is 3.43. The fraction of sp³-hybridized carbons (Fsp3) is 0.250. The Labute approximate surface area is 170 Å². The molecule has 0 saturated heterocycles. The van der Waals surface area contributed by atoms with E-state index in [-0.39, 0.29) is 24.8 Å². The first kappa shape index (κ1) is 20.0. The minimum atomic E-state index is -1.00. The van der Waals surface area contributed by atoms with Crippen LogP contribution in [-0.4, -0.2) is 42.8 Å². The van der Waals surface area contributed by atoms with Crippen LogP contribution in [0.3, 0.4) is 0 Å². The Morgan fingerprint density at radius 2 is 1.86 bits per heavy atom. The van der Waals surface area contributed by atoms with Gasteiger partial charge in [-0.25, -0.2) is 4.39 Å². The molecule has 1 atom stereocenters. The van der Waals surface area contributed by atoms with Crippen molar-refractivity contribution in [2.75, 3.05) is 25.5 Å². The third-order valence-corrected chi connectivity index (χ3v) is 5.00. The van der Waals surface area contributed by atoms with Crippen LogP contribution < -0.4 is 5.32 Å². The molecule has 2 aromatic carbocycles. The van der Waals surface area contributed by atoms with Gasteiger partial charge in [0.2, 0.25) is 5.91 Å². The van der Waals surface area contributed by atoms with Gasteiger partial charge in [0.1, 0.15) is 17.8 Å². The number of nitrogens with zero attached hydrogens (tertiary/aromatic N) is 2. The fourth-order valence-electron chi connectivity index (χ4n) is 3.09. The molecule has 0 fully saturated rings. The van der Waals surface area contributed by atoms with E-state index in [2.05, 4.69) is 26.3 Å². The molecule has 1 unspecified atom stereocenters. The molecule has 0 aromatic heterocycles. The van der Waals surface area contributed by atoms with Crippen LogP contribution in [-0.2, 0) is 14.3 Å². The van der Waals surface area contributed by atoms with Crippen LogP contribution in [0, 0.1) is 11.2 Å². The predicted molar refractivity (Wildman–Crippen MR) is 107 cm³/mol. The van der Waals surface area contributed by atoms with Crippen molar-refractivity contribution < 1.29 is 18.7 Å². The summed E-state index contributed by atoms with van der Waals surface area (Å²) < 4.78 is 18.9. The molecule has 0 aliphatic carbocycles. The minimum absolute atomic E-state index is 0.0516. The van der Waals surface area contributed by atoms with Crippen molar-refractivity contribution in [1.82, 2.24) is 5.01 Å². The molecule has 0 radical (unpaired) electrons. The Balaban J connectivity index is 1.79. The van der Waals surface area contributed by atoms with Gasteiger partial charge in [0, 0.05) is 10.2 Å². The number of hydrogen-bond acceptors (Lipinski definition) is 5. The zero-order valence-electron chi connectivity index (χ0n) is 15.4. The number of carbonyl (C=O) groups excluding carboxylic acids is 2. The highest BCUT2D eigenvalue weighted by molar-refractivity contribution is 9.10. The Kier molecular flexibility index (Phi) is 5.79. The van der Waals surface area contributed by atoms with E-state index in [9.17, 15) is 14.0 Å². The SMILES string of the molecule is COC(=O)C1(C)CN(CC(=O)Nc2ccc(F)cc2)N=C1c1ccc(Br)cc1. The van der Waals surface area contributed by atoms with Crippen molar-refractivity contribution in [3.63, 3.8) is 0 Å². The van der Waals surface area contributed by atoms with Crippen molar-refractivity contribution in [1.29, 1.82) is 0 Å². The summed E-state index contributed by atoms with van der Waals surface area (Å²) in [7, 11) is 1.33. The van der Waals surface area contributed by atoms with Gasteiger partial charge in [0.15, 0.2) is 0 Å². The number of hydrazone groups is 1. The van der Waals surface area contributed by atoms with Crippen molar-refractivity contribution >= 4 is 39.2 Å². The van der Waals surface area contributed by atoms with Crippen molar-refractivity contribution in [2.24, 2.45) is 10.5 Å². The number of esters is 1. The molecule has 0 saturated carbocycles. The average Bonchev–Trinajstić information content (AvgIpc) is 3.00. The monoisotopic (exact) mass is 447 g/mol. The molecule has 1 N–H and O–H groups in total. The normalized spacial score (nSPS) is 18.6. The van der Waals surface area contributed by atoms with E-state index >= 15 is 0 Å². The average molecular weight is 448 g/mol. The lowest BCUT2D eigenvalue weighted by Crippen LogP contribution is -2.41. The topological polar surface area (TPSA) is 71.0 Å². The van der Waals surface area contributed by atoms with Crippen molar-refractivity contribution in [3.8, 4) is 0 Å². The summed E-state index contributed by atoms with van der Waals surface area (Å²) in [5.41, 5.74) is 0.802. The minimum Gasteiger partial charge on any atom is -0.468 e. The summed E-state index contributed by atoms with van der Waals surface area (Å²) in [5, 5.41) is 8.74. The zero-order chi connectivity index (χ0) is 20.3. The number of ether oxygens (including phenoxy) is 1. The summed E-state index contributed by atoms with van der Waals surface area (Å²) in [6.07, 6.45) is 0. The Morgan fingerprint density at radius 3 is 2.46 bits per heavy atom. The van der Waals surface area contributed by atoms with Crippen LogP contribution in [0.5, 0.6) is 0 Å². The third kappa shape index (κ3) is 4.22. The standard InChI is InChI=1S/C20H19BrFN3O3/c1-20(19(27)28-2)12-25(24-18(20)13-3-5-14(21)6-4-13)11-17(26)23-16-9-7-15(22)8-10-16/h3-10H,11-12H2,1-2H3,(H,23,26). The highest BCUT2D eigenvalue weighted by Gasteiger charge is 2.47. The molecule has 8 heteroatoms. The smallest absolute Gasteiger partial charge is 0.319 e. The molecule has 0 bridgehead atoms. The number of amides is 1. The molecule has 1 aliphatic rings. The Bertz CT molecular complexity index is 915. The molecule has 1 amide bonds. The van der Waals surface area contributed by atoms with Crippen LogP contribution in [0.2, 0.25) is 0 Å². The summed E-state index contributed by atoms with van der Waals surface area (Å²) in [4.78, 5) is 24.8. The number of hydrogen-bond donors (Lipinski definition) is 1. The number of carbonyl (C=O) groups is 2. The molecule has 28 heavy (non-hydrogen) atoms. The van der Waals surface area contributed by atoms with Gasteiger partial charge >= 0.3 is 5.97 Å². The van der Waals surface area contributed by atoms with E-state index in [1.54, 1.807) is 6.92 Å². The molecular weight excluding hydrogens is 429 g/mol. The molecule has 146 valence electrons. The first-order valence-corrected chi connectivity index (χ1v) is 9.35.